The van der Waals surface area contributed by atoms with Gasteiger partial charge in [-0.25, -0.2) is 4.39 Å². The molecule has 0 aromatic carbocycles. The van der Waals surface area contributed by atoms with Gasteiger partial charge < -0.3 is 4.42 Å². The largest absolute Gasteiger partial charge is 0.463 e. The van der Waals surface area contributed by atoms with E-state index in [9.17, 15) is 4.39 Å². The average molecular weight is 142 g/mol. The number of furan rings is 1. The average Bonchev–Trinajstić information content (AvgIpc) is 2.10. The van der Waals surface area contributed by atoms with E-state index in [1.807, 2.05) is 13.8 Å². The molecule has 0 aliphatic heterocycles. The second-order valence-electron chi connectivity index (χ2n) is 2.72. The van der Waals surface area contributed by atoms with Gasteiger partial charge >= 0.3 is 0 Å². The van der Waals surface area contributed by atoms with Crippen LogP contribution in [0.5, 0.6) is 0 Å². The maximum absolute atomic E-state index is 12.8. The Morgan fingerprint density at radius 1 is 1.50 bits per heavy atom. The molecule has 0 bridgehead atoms. The van der Waals surface area contributed by atoms with Crippen LogP contribution in [0.2, 0.25) is 0 Å². The van der Waals surface area contributed by atoms with E-state index in [-0.39, 0.29) is 11.7 Å². The van der Waals surface area contributed by atoms with Crippen molar-refractivity contribution in [3.63, 3.8) is 0 Å². The van der Waals surface area contributed by atoms with Crippen molar-refractivity contribution in [1.29, 1.82) is 0 Å². The summed E-state index contributed by atoms with van der Waals surface area (Å²) < 4.78 is 17.9. The van der Waals surface area contributed by atoms with Gasteiger partial charge in [-0.2, -0.15) is 0 Å². The highest BCUT2D eigenvalue weighted by molar-refractivity contribution is 5.11. The van der Waals surface area contributed by atoms with E-state index in [2.05, 4.69) is 0 Å². The maximum Gasteiger partial charge on any atom is 0.165 e. The molecule has 0 unspecified atom stereocenters. The number of hydrogen-bond acceptors (Lipinski definition) is 1. The van der Waals surface area contributed by atoms with Crippen LogP contribution in [-0.2, 0) is 0 Å². The first-order valence-corrected chi connectivity index (χ1v) is 3.37. The molecule has 56 valence electrons. The third-order valence-electron chi connectivity index (χ3n) is 1.36. The molecule has 0 spiro atoms. The molecule has 0 aliphatic rings. The molecular weight excluding hydrogens is 131 g/mol. The van der Waals surface area contributed by atoms with Gasteiger partial charge in [0.1, 0.15) is 11.5 Å². The summed E-state index contributed by atoms with van der Waals surface area (Å²) in [5, 5.41) is 0. The van der Waals surface area contributed by atoms with Gasteiger partial charge in [-0.05, 0) is 6.92 Å². The number of hydrogen-bond donors (Lipinski definition) is 0. The van der Waals surface area contributed by atoms with Crippen LogP contribution in [0.1, 0.15) is 31.3 Å². The summed E-state index contributed by atoms with van der Waals surface area (Å²) in [7, 11) is 0. The van der Waals surface area contributed by atoms with Crippen molar-refractivity contribution >= 4 is 0 Å². The topological polar surface area (TPSA) is 13.1 Å². The van der Waals surface area contributed by atoms with Crippen LogP contribution in [-0.4, -0.2) is 0 Å². The van der Waals surface area contributed by atoms with E-state index in [4.69, 9.17) is 4.42 Å². The Kier molecular flexibility index (Phi) is 1.79. The van der Waals surface area contributed by atoms with Crippen molar-refractivity contribution < 1.29 is 8.81 Å². The summed E-state index contributed by atoms with van der Waals surface area (Å²) in [6.07, 6.45) is 0. The van der Waals surface area contributed by atoms with Crippen LogP contribution in [0.4, 0.5) is 4.39 Å². The van der Waals surface area contributed by atoms with Gasteiger partial charge in [0.05, 0.1) is 0 Å². The molecule has 1 aromatic rings. The molecule has 2 heteroatoms. The van der Waals surface area contributed by atoms with Crippen molar-refractivity contribution in [2.24, 2.45) is 0 Å². The highest BCUT2D eigenvalue weighted by atomic mass is 19.1. The van der Waals surface area contributed by atoms with Gasteiger partial charge in [0, 0.05) is 12.0 Å². The minimum absolute atomic E-state index is 0.133. The molecule has 1 aromatic heterocycles. The molecule has 1 heterocycles. The Morgan fingerprint density at radius 2 is 2.10 bits per heavy atom. The van der Waals surface area contributed by atoms with E-state index < -0.39 is 0 Å². The monoisotopic (exact) mass is 142 g/mol. The predicted octanol–water partition coefficient (Wildman–Crippen LogP) is 2.85. The highest BCUT2D eigenvalue weighted by Gasteiger charge is 2.11. The Labute approximate surface area is 59.9 Å². The molecule has 0 radical (unpaired) electrons. The lowest BCUT2D eigenvalue weighted by molar-refractivity contribution is 0.436. The van der Waals surface area contributed by atoms with Crippen molar-refractivity contribution in [2.75, 3.05) is 0 Å². The fourth-order valence-electron chi connectivity index (χ4n) is 0.895. The smallest absolute Gasteiger partial charge is 0.165 e. The molecule has 10 heavy (non-hydrogen) atoms. The SMILES string of the molecule is Cc1cc(F)c(C(C)C)o1. The van der Waals surface area contributed by atoms with Gasteiger partial charge in [-0.3, -0.25) is 0 Å². The molecule has 0 N–H and O–H groups in total. The van der Waals surface area contributed by atoms with Gasteiger partial charge in [-0.1, -0.05) is 13.8 Å². The number of halogens is 1. The molecule has 0 atom stereocenters. The van der Waals surface area contributed by atoms with Crippen molar-refractivity contribution in [1.82, 2.24) is 0 Å². The second kappa shape index (κ2) is 2.45. The zero-order chi connectivity index (χ0) is 7.72. The molecule has 0 aliphatic carbocycles. The van der Waals surface area contributed by atoms with Gasteiger partial charge in [0.15, 0.2) is 5.82 Å². The summed E-state index contributed by atoms with van der Waals surface area (Å²) in [5.74, 6) is 1.000. The highest BCUT2D eigenvalue weighted by Crippen LogP contribution is 2.21. The summed E-state index contributed by atoms with van der Waals surface area (Å²) in [6.45, 7) is 5.55. The van der Waals surface area contributed by atoms with Crippen LogP contribution in [0.3, 0.4) is 0 Å². The lowest BCUT2D eigenvalue weighted by atomic mass is 10.1. The predicted molar refractivity (Wildman–Crippen MR) is 37.5 cm³/mol. The van der Waals surface area contributed by atoms with E-state index in [1.54, 1.807) is 6.92 Å². The fourth-order valence-corrected chi connectivity index (χ4v) is 0.895. The fraction of sp³-hybridized carbons (Fsp3) is 0.500. The van der Waals surface area contributed by atoms with Gasteiger partial charge in [0.2, 0.25) is 0 Å². The Balaban J connectivity index is 3.03. The quantitative estimate of drug-likeness (QED) is 0.587. The van der Waals surface area contributed by atoms with Crippen LogP contribution < -0.4 is 0 Å². The van der Waals surface area contributed by atoms with E-state index in [1.165, 1.54) is 6.07 Å². The standard InChI is InChI=1S/C8H11FO/c1-5(2)8-7(9)4-6(3)10-8/h4-5H,1-3H3. The first-order chi connectivity index (χ1) is 4.61. The Bertz CT molecular complexity index is 225. The Morgan fingerprint density at radius 3 is 2.30 bits per heavy atom. The molecule has 1 rings (SSSR count). The first-order valence-electron chi connectivity index (χ1n) is 3.37. The summed E-state index contributed by atoms with van der Waals surface area (Å²) in [5.41, 5.74) is 0. The molecule has 0 fully saturated rings. The van der Waals surface area contributed by atoms with Crippen molar-refractivity contribution in [2.45, 2.75) is 26.7 Å². The number of rotatable bonds is 1. The Hall–Kier alpha value is -0.790. The zero-order valence-corrected chi connectivity index (χ0v) is 6.44. The normalized spacial score (nSPS) is 10.9. The van der Waals surface area contributed by atoms with E-state index >= 15 is 0 Å². The lowest BCUT2D eigenvalue weighted by Gasteiger charge is -1.97. The second-order valence-corrected chi connectivity index (χ2v) is 2.72. The van der Waals surface area contributed by atoms with Crippen LogP contribution in [0.15, 0.2) is 10.5 Å². The van der Waals surface area contributed by atoms with Crippen LogP contribution in [0, 0.1) is 12.7 Å². The molecule has 0 saturated carbocycles. The molecule has 1 nitrogen and oxygen atoms in total. The van der Waals surface area contributed by atoms with Gasteiger partial charge in [0.25, 0.3) is 0 Å². The first kappa shape index (κ1) is 7.32. The third-order valence-corrected chi connectivity index (χ3v) is 1.36. The van der Waals surface area contributed by atoms with E-state index in [0.717, 1.165) is 0 Å². The zero-order valence-electron chi connectivity index (χ0n) is 6.44. The molecule has 0 saturated heterocycles. The molecule has 0 amide bonds. The number of aryl methyl sites for hydroxylation is 1. The molecular formula is C8H11FO. The van der Waals surface area contributed by atoms with E-state index in [0.29, 0.717) is 11.5 Å². The minimum Gasteiger partial charge on any atom is -0.463 e. The van der Waals surface area contributed by atoms with Crippen LogP contribution in [0.25, 0.3) is 0 Å². The summed E-state index contributed by atoms with van der Waals surface area (Å²) in [6, 6.07) is 1.41. The van der Waals surface area contributed by atoms with Crippen molar-refractivity contribution in [3.8, 4) is 0 Å². The lowest BCUT2D eigenvalue weighted by Crippen LogP contribution is -1.85. The maximum atomic E-state index is 12.8. The summed E-state index contributed by atoms with van der Waals surface area (Å²) in [4.78, 5) is 0. The van der Waals surface area contributed by atoms with Gasteiger partial charge in [-0.15, -0.1) is 0 Å². The third kappa shape index (κ3) is 1.20. The van der Waals surface area contributed by atoms with Crippen LogP contribution >= 0.6 is 0 Å². The minimum atomic E-state index is -0.229. The van der Waals surface area contributed by atoms with Crippen molar-refractivity contribution in [3.05, 3.63) is 23.4 Å². The summed E-state index contributed by atoms with van der Waals surface area (Å²) >= 11 is 0.